The fourth-order valence-corrected chi connectivity index (χ4v) is 4.46. The number of aliphatic hydroxyl groups is 1. The van der Waals surface area contributed by atoms with Crippen LogP contribution in [0, 0.1) is 0 Å². The summed E-state index contributed by atoms with van der Waals surface area (Å²) >= 11 is 0. The normalized spacial score (nSPS) is 15.4. The number of fused-ring (bicyclic) bond motifs is 1. The van der Waals surface area contributed by atoms with E-state index in [1.165, 1.54) is 0 Å². The third-order valence-electron chi connectivity index (χ3n) is 6.47. The summed E-state index contributed by atoms with van der Waals surface area (Å²) in [5.74, 6) is -5.08. The predicted octanol–water partition coefficient (Wildman–Crippen LogP) is 2.01. The zero-order valence-electron chi connectivity index (χ0n) is 22.4. The highest BCUT2D eigenvalue weighted by molar-refractivity contribution is 5.88. The topological polar surface area (TPSA) is 200 Å². The molecule has 17 heteroatoms. The molecule has 1 fully saturated rings. The lowest BCUT2D eigenvalue weighted by Gasteiger charge is -2.23. The molecule has 1 amide bonds. The Bertz CT molecular complexity index is 1420. The van der Waals surface area contributed by atoms with Gasteiger partial charge < -0.3 is 25.3 Å². The van der Waals surface area contributed by atoms with Crippen molar-refractivity contribution in [3.05, 3.63) is 47.7 Å². The number of alkyl halides is 3. The van der Waals surface area contributed by atoms with E-state index in [2.05, 4.69) is 15.2 Å². The maximum Gasteiger partial charge on any atom is 0.433 e. The number of likely N-dealkylation sites (tertiary alicyclic amines) is 1. The minimum Gasteiger partial charge on any atom is -0.481 e. The summed E-state index contributed by atoms with van der Waals surface area (Å²) in [7, 11) is 0. The Morgan fingerprint density at radius 2 is 1.74 bits per heavy atom. The second kappa shape index (κ2) is 13.0. The molecule has 228 valence electrons. The molecule has 1 saturated heterocycles. The third-order valence-corrected chi connectivity index (χ3v) is 6.47. The van der Waals surface area contributed by atoms with Crippen LogP contribution < -0.4 is 0 Å². The minimum absolute atomic E-state index is 0.0571. The Morgan fingerprint density at radius 1 is 1.07 bits per heavy atom. The van der Waals surface area contributed by atoms with Gasteiger partial charge in [0.05, 0.1) is 24.6 Å². The summed E-state index contributed by atoms with van der Waals surface area (Å²) in [5.41, 5.74) is -2.63. The fourth-order valence-electron chi connectivity index (χ4n) is 4.46. The van der Waals surface area contributed by atoms with Gasteiger partial charge in [0.1, 0.15) is 5.69 Å². The highest BCUT2D eigenvalue weighted by Gasteiger charge is 2.41. The predicted molar refractivity (Wildman–Crippen MR) is 135 cm³/mol. The van der Waals surface area contributed by atoms with E-state index in [4.69, 9.17) is 20.4 Å². The van der Waals surface area contributed by atoms with Crippen LogP contribution >= 0.6 is 0 Å². The van der Waals surface area contributed by atoms with Gasteiger partial charge in [-0.15, -0.1) is 0 Å². The van der Waals surface area contributed by atoms with Gasteiger partial charge in [0.15, 0.2) is 11.2 Å². The molecule has 1 unspecified atom stereocenters. The first-order valence-electron chi connectivity index (χ1n) is 12.8. The number of carbonyl (C=O) groups excluding carboxylic acids is 1. The summed E-state index contributed by atoms with van der Waals surface area (Å²) in [6.45, 7) is 2.78. The van der Waals surface area contributed by atoms with Crippen molar-refractivity contribution in [2.75, 3.05) is 6.54 Å². The smallest absolute Gasteiger partial charge is 0.433 e. The number of nitrogens with zero attached hydrogens (tertiary/aromatic N) is 6. The fraction of sp³-hybridized carbons (Fsp3) is 0.480. The summed E-state index contributed by atoms with van der Waals surface area (Å²) < 4.78 is 43.0. The number of hydrogen-bond acceptors (Lipinski definition) is 8. The number of amides is 1. The molecule has 14 nitrogen and oxygen atoms in total. The molecule has 0 aromatic carbocycles. The van der Waals surface area contributed by atoms with Crippen LogP contribution in [0.15, 0.2) is 30.6 Å². The lowest BCUT2D eigenvalue weighted by molar-refractivity contribution is -0.170. The first kappa shape index (κ1) is 32.0. The van der Waals surface area contributed by atoms with Crippen molar-refractivity contribution in [2.24, 2.45) is 0 Å². The van der Waals surface area contributed by atoms with Crippen molar-refractivity contribution in [3.8, 4) is 0 Å². The number of aliphatic carboxylic acids is 3. The van der Waals surface area contributed by atoms with Gasteiger partial charge in [-0.05, 0) is 31.4 Å². The number of halogens is 3. The molecular weight excluding hydrogens is 569 g/mol. The standard InChI is InChI=1S/C19H21F3N6O.C6H8O7/c1-2-13-11-16(19(20,21)22)28-17(24-13)12-14(25-28)15-5-3-9-27(15)18(29)6-10-26-8-4-7-23-26;7-3(8)1-6(13,5(11)12)2-4(9)10/h4,7-8,11-12,15H,2-3,5-6,9-10H2,1H3;13H,1-2H2,(H,7,8)(H,9,10)(H,11,12). The number of carboxylic acids is 3. The zero-order chi connectivity index (χ0) is 31.2. The quantitative estimate of drug-likeness (QED) is 0.266. The van der Waals surface area contributed by atoms with E-state index in [0.29, 0.717) is 37.3 Å². The van der Waals surface area contributed by atoms with Crippen molar-refractivity contribution < 1.29 is 52.8 Å². The largest absolute Gasteiger partial charge is 0.481 e. The van der Waals surface area contributed by atoms with Gasteiger partial charge in [0.2, 0.25) is 5.91 Å². The highest BCUT2D eigenvalue weighted by atomic mass is 19.4. The number of carboxylic acid groups (broad SMARTS) is 3. The lowest BCUT2D eigenvalue weighted by atomic mass is 9.96. The molecule has 4 N–H and O–H groups in total. The van der Waals surface area contributed by atoms with E-state index in [-0.39, 0.29) is 24.0 Å². The Morgan fingerprint density at radius 3 is 2.26 bits per heavy atom. The molecule has 0 saturated carbocycles. The van der Waals surface area contributed by atoms with E-state index < -0.39 is 48.2 Å². The number of rotatable bonds is 10. The summed E-state index contributed by atoms with van der Waals surface area (Å²) in [6.07, 6.45) is -1.28. The second-order valence-corrected chi connectivity index (χ2v) is 9.57. The highest BCUT2D eigenvalue weighted by Crippen LogP contribution is 2.34. The maximum absolute atomic E-state index is 13.5. The van der Waals surface area contributed by atoms with E-state index in [1.807, 2.05) is 0 Å². The maximum atomic E-state index is 13.5. The molecule has 1 aliphatic rings. The Labute approximate surface area is 236 Å². The van der Waals surface area contributed by atoms with Crippen LogP contribution in [0.4, 0.5) is 13.2 Å². The molecule has 0 radical (unpaired) electrons. The first-order valence-corrected chi connectivity index (χ1v) is 12.8. The zero-order valence-corrected chi connectivity index (χ0v) is 22.4. The van der Waals surface area contributed by atoms with Crippen LogP contribution in [-0.2, 0) is 38.3 Å². The average molecular weight is 599 g/mol. The van der Waals surface area contributed by atoms with Gasteiger partial charge >= 0.3 is 24.1 Å². The van der Waals surface area contributed by atoms with Gasteiger partial charge in [0.25, 0.3) is 0 Å². The van der Waals surface area contributed by atoms with Crippen molar-refractivity contribution in [1.29, 1.82) is 0 Å². The van der Waals surface area contributed by atoms with Gasteiger partial charge in [-0.3, -0.25) is 19.1 Å². The van der Waals surface area contributed by atoms with Crippen molar-refractivity contribution in [3.63, 3.8) is 0 Å². The van der Waals surface area contributed by atoms with E-state index in [9.17, 15) is 32.3 Å². The van der Waals surface area contributed by atoms with Crippen molar-refractivity contribution in [2.45, 2.75) is 69.8 Å². The number of carbonyl (C=O) groups is 4. The van der Waals surface area contributed by atoms with Crippen LogP contribution in [0.1, 0.15) is 62.2 Å². The van der Waals surface area contributed by atoms with Crippen LogP contribution in [0.5, 0.6) is 0 Å². The van der Waals surface area contributed by atoms with Crippen LogP contribution in [-0.4, -0.2) is 85.7 Å². The van der Waals surface area contributed by atoms with Crippen LogP contribution in [0.2, 0.25) is 0 Å². The first-order chi connectivity index (χ1) is 19.6. The second-order valence-electron chi connectivity index (χ2n) is 9.57. The van der Waals surface area contributed by atoms with E-state index >= 15 is 0 Å². The SMILES string of the molecule is CCc1cc(C(F)(F)F)n2nc(C3CCCN3C(=O)CCn3cccn3)cc2n1.O=C(O)CC(O)(CC(=O)O)C(=O)O. The summed E-state index contributed by atoms with van der Waals surface area (Å²) in [4.78, 5) is 49.2. The van der Waals surface area contributed by atoms with Gasteiger partial charge in [-0.25, -0.2) is 14.3 Å². The molecule has 0 aliphatic carbocycles. The molecule has 1 atom stereocenters. The number of aromatic nitrogens is 5. The van der Waals surface area contributed by atoms with Gasteiger partial charge in [-0.1, -0.05) is 6.92 Å². The lowest BCUT2D eigenvalue weighted by Crippen LogP contribution is -2.42. The number of aryl methyl sites for hydroxylation is 2. The molecule has 0 bridgehead atoms. The molecule has 42 heavy (non-hydrogen) atoms. The van der Waals surface area contributed by atoms with Gasteiger partial charge in [-0.2, -0.15) is 23.4 Å². The Hall–Kier alpha value is -4.54. The van der Waals surface area contributed by atoms with Crippen molar-refractivity contribution >= 4 is 29.5 Å². The Kier molecular flexibility index (Phi) is 9.87. The molecule has 4 rings (SSSR count). The van der Waals surface area contributed by atoms with Crippen LogP contribution in [0.25, 0.3) is 5.65 Å². The monoisotopic (exact) mass is 598 g/mol. The molecule has 3 aromatic rings. The number of hydrogen-bond donors (Lipinski definition) is 4. The molecule has 0 spiro atoms. The molecule has 1 aliphatic heterocycles. The average Bonchev–Trinajstić information content (AvgIpc) is 3.65. The van der Waals surface area contributed by atoms with Gasteiger partial charge in [0, 0.05) is 43.7 Å². The molecule has 4 heterocycles. The summed E-state index contributed by atoms with van der Waals surface area (Å²) in [6, 6.07) is 4.05. The van der Waals surface area contributed by atoms with E-state index in [1.54, 1.807) is 41.0 Å². The molecular formula is C25H29F3N6O8. The Balaban J connectivity index is 0.000000316. The van der Waals surface area contributed by atoms with E-state index in [0.717, 1.165) is 17.0 Å². The minimum atomic E-state index is -4.54. The van der Waals surface area contributed by atoms with Crippen LogP contribution in [0.3, 0.4) is 0 Å². The summed E-state index contributed by atoms with van der Waals surface area (Å²) in [5, 5.41) is 42.1. The molecule has 3 aromatic heterocycles. The third kappa shape index (κ3) is 7.80. The van der Waals surface area contributed by atoms with Crippen molar-refractivity contribution in [1.82, 2.24) is 29.3 Å².